The first-order valence-electron chi connectivity index (χ1n) is 7.31. The minimum atomic E-state index is -3.40. The number of hydrogen-bond donors (Lipinski definition) is 1. The van der Waals surface area contributed by atoms with E-state index in [1.807, 2.05) is 60.7 Å². The lowest BCUT2D eigenvalue weighted by molar-refractivity contribution is 0.167. The van der Waals surface area contributed by atoms with E-state index in [4.69, 9.17) is 9.05 Å². The van der Waals surface area contributed by atoms with Crippen LogP contribution in [0.15, 0.2) is 60.7 Å². The van der Waals surface area contributed by atoms with Crippen molar-refractivity contribution in [2.45, 2.75) is 19.3 Å². The van der Waals surface area contributed by atoms with Crippen molar-refractivity contribution in [1.82, 2.24) is 0 Å². The summed E-state index contributed by atoms with van der Waals surface area (Å²) in [7, 11) is -3.40. The van der Waals surface area contributed by atoms with E-state index < -0.39 is 13.7 Å². The Hall–Kier alpha value is -0.970. The second-order valence-electron chi connectivity index (χ2n) is 5.12. The first-order chi connectivity index (χ1) is 11.1. The molecule has 0 saturated carbocycles. The predicted molar refractivity (Wildman–Crippen MR) is 94.7 cm³/mol. The fourth-order valence-corrected chi connectivity index (χ4v) is 4.15. The Labute approximate surface area is 145 Å². The van der Waals surface area contributed by atoms with Crippen LogP contribution in [0.2, 0.25) is 0 Å². The summed E-state index contributed by atoms with van der Waals surface area (Å²) < 4.78 is 24.0. The average Bonchev–Trinajstić information content (AvgIpc) is 2.60. The Morgan fingerprint density at radius 3 is 1.74 bits per heavy atom. The maximum absolute atomic E-state index is 12.9. The molecule has 23 heavy (non-hydrogen) atoms. The quantitative estimate of drug-likeness (QED) is 0.503. The van der Waals surface area contributed by atoms with Crippen molar-refractivity contribution in [2.24, 2.45) is 0 Å². The molecule has 1 atom stereocenters. The summed E-state index contributed by atoms with van der Waals surface area (Å²) in [4.78, 5) is 0. The summed E-state index contributed by atoms with van der Waals surface area (Å²) in [6.07, 6.45) is -0.829. The molecule has 0 aromatic heterocycles. The van der Waals surface area contributed by atoms with Crippen molar-refractivity contribution < 1.29 is 18.7 Å². The van der Waals surface area contributed by atoms with Gasteiger partial charge >= 0.3 is 7.60 Å². The second kappa shape index (κ2) is 9.36. The smallest absolute Gasteiger partial charge is 0.333 e. The summed E-state index contributed by atoms with van der Waals surface area (Å²) in [5.41, 5.74) is 1.81. The standard InChI is InChI=1S/C17H20BrO4P/c18-11-17(19)14-23(20,21-12-15-7-3-1-4-8-15)22-13-16-9-5-2-6-10-16/h1-10,17,19H,11-14H2/t17-/m1/s1. The third-order valence-corrected chi connectivity index (χ3v) is 5.82. The van der Waals surface area contributed by atoms with Gasteiger partial charge in [0.15, 0.2) is 0 Å². The number of rotatable bonds is 9. The lowest BCUT2D eigenvalue weighted by atomic mass is 10.2. The zero-order chi connectivity index (χ0) is 16.5. The number of benzene rings is 2. The highest BCUT2D eigenvalue weighted by Gasteiger charge is 2.28. The van der Waals surface area contributed by atoms with Gasteiger partial charge in [-0.3, -0.25) is 4.57 Å². The highest BCUT2D eigenvalue weighted by atomic mass is 79.9. The minimum absolute atomic E-state index is 0.0437. The molecule has 0 spiro atoms. The molecule has 2 aromatic rings. The van der Waals surface area contributed by atoms with Crippen molar-refractivity contribution in [3.63, 3.8) is 0 Å². The van der Waals surface area contributed by atoms with Crippen LogP contribution in [0.4, 0.5) is 0 Å². The van der Waals surface area contributed by atoms with Gasteiger partial charge in [0.2, 0.25) is 0 Å². The number of halogens is 1. The normalized spacial score (nSPS) is 13.0. The van der Waals surface area contributed by atoms with Crippen LogP contribution in [-0.4, -0.2) is 22.7 Å². The number of aliphatic hydroxyl groups excluding tert-OH is 1. The van der Waals surface area contributed by atoms with Gasteiger partial charge in [0.1, 0.15) is 0 Å². The maximum Gasteiger partial charge on any atom is 0.333 e. The zero-order valence-electron chi connectivity index (χ0n) is 12.7. The molecule has 0 bridgehead atoms. The fourth-order valence-electron chi connectivity index (χ4n) is 1.94. The molecule has 6 heteroatoms. The molecule has 4 nitrogen and oxygen atoms in total. The average molecular weight is 399 g/mol. The van der Waals surface area contributed by atoms with Crippen molar-refractivity contribution in [2.75, 3.05) is 11.5 Å². The van der Waals surface area contributed by atoms with Gasteiger partial charge in [-0.25, -0.2) is 0 Å². The van der Waals surface area contributed by atoms with Crippen LogP contribution >= 0.6 is 23.5 Å². The molecule has 0 aliphatic rings. The Balaban J connectivity index is 2.00. The van der Waals surface area contributed by atoms with Crippen molar-refractivity contribution in [1.29, 1.82) is 0 Å². The lowest BCUT2D eigenvalue weighted by Gasteiger charge is -2.20. The Kier molecular flexibility index (Phi) is 7.47. The van der Waals surface area contributed by atoms with Gasteiger partial charge in [-0.15, -0.1) is 0 Å². The topological polar surface area (TPSA) is 55.8 Å². The number of aliphatic hydroxyl groups is 1. The summed E-state index contributed by atoms with van der Waals surface area (Å²) in [6, 6.07) is 18.9. The van der Waals surface area contributed by atoms with E-state index in [-0.39, 0.29) is 19.4 Å². The van der Waals surface area contributed by atoms with E-state index in [9.17, 15) is 9.67 Å². The lowest BCUT2D eigenvalue weighted by Crippen LogP contribution is -2.16. The molecule has 0 fully saturated rings. The summed E-state index contributed by atoms with van der Waals surface area (Å²) in [6.45, 7) is 0.365. The molecule has 2 aromatic carbocycles. The van der Waals surface area contributed by atoms with Crippen molar-refractivity contribution >= 4 is 23.5 Å². The Bertz CT molecular complexity index is 574. The third-order valence-electron chi connectivity index (χ3n) is 3.15. The fraction of sp³-hybridized carbons (Fsp3) is 0.294. The monoisotopic (exact) mass is 398 g/mol. The van der Waals surface area contributed by atoms with E-state index in [1.165, 1.54) is 0 Å². The van der Waals surface area contributed by atoms with Gasteiger partial charge in [0, 0.05) is 5.33 Å². The molecule has 0 heterocycles. The first-order valence-corrected chi connectivity index (χ1v) is 10.2. The van der Waals surface area contributed by atoms with Crippen LogP contribution < -0.4 is 0 Å². The van der Waals surface area contributed by atoms with Crippen LogP contribution in [0, 0.1) is 0 Å². The molecule has 0 aliphatic carbocycles. The van der Waals surface area contributed by atoms with Gasteiger partial charge in [-0.05, 0) is 11.1 Å². The third kappa shape index (κ3) is 6.58. The molecule has 0 radical (unpaired) electrons. The van der Waals surface area contributed by atoms with E-state index >= 15 is 0 Å². The summed E-state index contributed by atoms with van der Waals surface area (Å²) in [5.74, 6) is 0. The van der Waals surface area contributed by atoms with Crippen LogP contribution in [0.3, 0.4) is 0 Å². The molecule has 2 rings (SSSR count). The van der Waals surface area contributed by atoms with Gasteiger partial charge in [-0.2, -0.15) is 0 Å². The summed E-state index contributed by atoms with van der Waals surface area (Å²) >= 11 is 3.18. The molecule has 0 amide bonds. The van der Waals surface area contributed by atoms with Crippen LogP contribution in [0.1, 0.15) is 11.1 Å². The first kappa shape index (κ1) is 18.4. The van der Waals surface area contributed by atoms with E-state index in [0.717, 1.165) is 11.1 Å². The predicted octanol–water partition coefficient (Wildman–Crippen LogP) is 4.37. The van der Waals surface area contributed by atoms with Crippen LogP contribution in [-0.2, 0) is 26.8 Å². The Morgan fingerprint density at radius 2 is 1.35 bits per heavy atom. The maximum atomic E-state index is 12.9. The zero-order valence-corrected chi connectivity index (χ0v) is 15.2. The van der Waals surface area contributed by atoms with Crippen LogP contribution in [0.5, 0.6) is 0 Å². The van der Waals surface area contributed by atoms with Gasteiger partial charge in [0.05, 0.1) is 25.5 Å². The van der Waals surface area contributed by atoms with E-state index in [1.54, 1.807) is 0 Å². The van der Waals surface area contributed by atoms with Crippen molar-refractivity contribution in [3.8, 4) is 0 Å². The van der Waals surface area contributed by atoms with Crippen molar-refractivity contribution in [3.05, 3.63) is 71.8 Å². The molecular formula is C17H20BrO4P. The SMILES string of the molecule is O=P(C[C@H](O)CBr)(OCc1ccccc1)OCc1ccccc1. The molecule has 1 N–H and O–H groups in total. The molecule has 124 valence electrons. The number of hydrogen-bond acceptors (Lipinski definition) is 4. The number of alkyl halides is 1. The highest BCUT2D eigenvalue weighted by molar-refractivity contribution is 9.09. The highest BCUT2D eigenvalue weighted by Crippen LogP contribution is 2.50. The van der Waals surface area contributed by atoms with Crippen LogP contribution in [0.25, 0.3) is 0 Å². The summed E-state index contributed by atoms with van der Waals surface area (Å²) in [5, 5.41) is 10.1. The molecular weight excluding hydrogens is 379 g/mol. The minimum Gasteiger partial charge on any atom is -0.392 e. The van der Waals surface area contributed by atoms with E-state index in [2.05, 4.69) is 15.9 Å². The largest absolute Gasteiger partial charge is 0.392 e. The van der Waals surface area contributed by atoms with Gasteiger partial charge in [0.25, 0.3) is 0 Å². The molecule has 0 saturated heterocycles. The second-order valence-corrected chi connectivity index (χ2v) is 7.87. The van der Waals surface area contributed by atoms with E-state index in [0.29, 0.717) is 5.33 Å². The van der Waals surface area contributed by atoms with Gasteiger partial charge < -0.3 is 14.2 Å². The Morgan fingerprint density at radius 1 is 0.913 bits per heavy atom. The van der Waals surface area contributed by atoms with Gasteiger partial charge in [-0.1, -0.05) is 76.6 Å². The molecule has 0 aliphatic heterocycles. The molecule has 0 unspecified atom stereocenters.